The van der Waals surface area contributed by atoms with Crippen LogP contribution in [0.25, 0.3) is 0 Å². The molecule has 1 aromatic carbocycles. The molecule has 4 rings (SSSR count). The number of phenolic OH excluding ortho intramolecular Hbond substituents is 2. The Kier molecular flexibility index (Phi) is 12.4. The van der Waals surface area contributed by atoms with Crippen LogP contribution in [0.5, 0.6) is 11.5 Å². The van der Waals surface area contributed by atoms with Crippen LogP contribution < -0.4 is 5.32 Å². The number of allylic oxidation sites excluding steroid dienone is 5. The summed E-state index contributed by atoms with van der Waals surface area (Å²) in [6.07, 6.45) is -1.63. The van der Waals surface area contributed by atoms with E-state index in [-0.39, 0.29) is 22.3 Å². The Hall–Kier alpha value is -4.47. The van der Waals surface area contributed by atoms with Crippen LogP contribution in [0.2, 0.25) is 0 Å². The standard InChI is InChI=1S/C37H47NO13/c1-14-11-10-12-15(2)35(48)38-25-17(4)28(41)21-22(29(42)19(6)30(43)23(21)33(25)46)27(40)16(3)13-37(8,50)34(47)20(7)32(45)24(36(49)51-9)31(44)18(5)26(14)39/h10-14,18,20,24,26,31-32,34,39,42-45,47,50H,1-9H3,(H,38,48)/t14-,18+,20+,24+,26-,31+,32-,34+,37+/m1/s1. The van der Waals surface area contributed by atoms with Crippen LogP contribution in [0.1, 0.15) is 85.1 Å². The maximum absolute atomic E-state index is 13.9. The number of phenols is 2. The molecule has 0 aromatic heterocycles. The number of hydrogen-bond donors (Lipinski definition) is 8. The third kappa shape index (κ3) is 7.60. The quantitative estimate of drug-likeness (QED) is 0.193. The van der Waals surface area contributed by atoms with Gasteiger partial charge in [0.05, 0.1) is 53.9 Å². The van der Waals surface area contributed by atoms with Crippen LogP contribution in [-0.2, 0) is 14.3 Å². The van der Waals surface area contributed by atoms with E-state index in [0.29, 0.717) is 0 Å². The predicted molar refractivity (Wildman–Crippen MR) is 183 cm³/mol. The van der Waals surface area contributed by atoms with Gasteiger partial charge in [-0.1, -0.05) is 39.0 Å². The number of Topliss-reactive ketones (excluding diaryl/α,β-unsaturated/α-hetero) is 3. The molecule has 8 N–H and O–H groups in total. The van der Waals surface area contributed by atoms with Crippen molar-refractivity contribution in [3.05, 3.63) is 69.0 Å². The molecule has 4 bridgehead atoms. The van der Waals surface area contributed by atoms with Gasteiger partial charge in [0.2, 0.25) is 5.78 Å². The Morgan fingerprint density at radius 3 is 1.86 bits per heavy atom. The van der Waals surface area contributed by atoms with Crippen LogP contribution in [0.15, 0.2) is 46.7 Å². The van der Waals surface area contributed by atoms with E-state index in [1.165, 1.54) is 59.8 Å². The monoisotopic (exact) mass is 713 g/mol. The number of aliphatic hydroxyl groups is 5. The van der Waals surface area contributed by atoms with Crippen LogP contribution in [0.4, 0.5) is 0 Å². The predicted octanol–water partition coefficient (Wildman–Crippen LogP) is 1.71. The number of ether oxygens (including phenoxy) is 1. The normalized spacial score (nSPS) is 31.6. The van der Waals surface area contributed by atoms with Crippen molar-refractivity contribution in [2.24, 2.45) is 23.7 Å². The van der Waals surface area contributed by atoms with Gasteiger partial charge in [-0.05, 0) is 46.3 Å². The Labute approximate surface area is 295 Å². The summed E-state index contributed by atoms with van der Waals surface area (Å²) in [7, 11) is 1.02. The van der Waals surface area contributed by atoms with Gasteiger partial charge in [-0.3, -0.25) is 24.0 Å². The lowest BCUT2D eigenvalue weighted by Crippen LogP contribution is -2.53. The van der Waals surface area contributed by atoms with E-state index in [1.807, 2.05) is 0 Å². The minimum Gasteiger partial charge on any atom is -0.507 e. The molecule has 0 saturated heterocycles. The number of nitrogens with one attached hydrogen (secondary N) is 1. The lowest BCUT2D eigenvalue weighted by atomic mass is 9.75. The van der Waals surface area contributed by atoms with Crippen molar-refractivity contribution >= 4 is 29.2 Å². The molecule has 2 heterocycles. The number of carbonyl (C=O) groups excluding carboxylic acids is 5. The zero-order valence-corrected chi connectivity index (χ0v) is 30.0. The molecule has 2 aliphatic heterocycles. The van der Waals surface area contributed by atoms with E-state index in [9.17, 15) is 59.7 Å². The summed E-state index contributed by atoms with van der Waals surface area (Å²) in [5.41, 5.74) is -5.67. The van der Waals surface area contributed by atoms with Crippen molar-refractivity contribution in [1.29, 1.82) is 0 Å². The minimum atomic E-state index is -2.34. The number of fused-ring (bicyclic) bond motifs is 15. The Balaban J connectivity index is 2.32. The molecule has 0 saturated carbocycles. The number of rotatable bonds is 1. The van der Waals surface area contributed by atoms with Crippen molar-refractivity contribution < 1.29 is 64.5 Å². The highest BCUT2D eigenvalue weighted by atomic mass is 16.5. The molecule has 0 unspecified atom stereocenters. The molecular formula is C37H47NO13. The summed E-state index contributed by atoms with van der Waals surface area (Å²) in [4.78, 5) is 67.6. The fourth-order valence-corrected chi connectivity index (χ4v) is 6.50. The minimum absolute atomic E-state index is 0.0574. The maximum Gasteiger partial charge on any atom is 0.313 e. The average molecular weight is 714 g/mol. The van der Waals surface area contributed by atoms with Crippen molar-refractivity contribution in [1.82, 2.24) is 5.32 Å². The second-order valence-corrected chi connectivity index (χ2v) is 13.7. The Morgan fingerprint density at radius 2 is 1.31 bits per heavy atom. The highest BCUT2D eigenvalue weighted by Gasteiger charge is 2.47. The third-order valence-corrected chi connectivity index (χ3v) is 9.99. The van der Waals surface area contributed by atoms with Gasteiger partial charge in [-0.25, -0.2) is 0 Å². The summed E-state index contributed by atoms with van der Waals surface area (Å²) in [5.74, 6) is -11.4. The molecule has 1 amide bonds. The van der Waals surface area contributed by atoms with E-state index in [2.05, 4.69) is 5.32 Å². The number of carbonyl (C=O) groups is 5. The van der Waals surface area contributed by atoms with Crippen molar-refractivity contribution in [2.75, 3.05) is 7.11 Å². The van der Waals surface area contributed by atoms with Gasteiger partial charge in [0.25, 0.3) is 5.91 Å². The number of benzene rings is 1. The SMILES string of the molecule is COC(=O)[C@@H]1[C@H](O)[C@H](C)[C@H](O)[C@@](C)(O)C=C(C)C(=O)c2c(O)c(C)c(O)c3c2C(=O)C(C)=C(NC(=O)C(C)=CC=C[C@@H](C)[C@@H](O)[C@H](C)[C@@H]1O)C3=O. The summed E-state index contributed by atoms with van der Waals surface area (Å²) < 4.78 is 4.83. The second kappa shape index (κ2) is 15.4. The highest BCUT2D eigenvalue weighted by molar-refractivity contribution is 6.32. The first-order chi connectivity index (χ1) is 23.5. The first-order valence-electron chi connectivity index (χ1n) is 16.3. The smallest absolute Gasteiger partial charge is 0.313 e. The van der Waals surface area contributed by atoms with E-state index in [1.54, 1.807) is 6.92 Å². The van der Waals surface area contributed by atoms with Crippen molar-refractivity contribution in [3.8, 4) is 11.5 Å². The van der Waals surface area contributed by atoms with Gasteiger partial charge in [-0.15, -0.1) is 0 Å². The van der Waals surface area contributed by atoms with Gasteiger partial charge >= 0.3 is 5.97 Å². The van der Waals surface area contributed by atoms with Crippen molar-refractivity contribution in [2.45, 2.75) is 85.4 Å². The lowest BCUT2D eigenvalue weighted by Gasteiger charge is -2.38. The highest BCUT2D eigenvalue weighted by Crippen LogP contribution is 2.43. The molecule has 0 radical (unpaired) electrons. The summed E-state index contributed by atoms with van der Waals surface area (Å²) in [5, 5.41) is 80.8. The zero-order valence-electron chi connectivity index (χ0n) is 30.0. The van der Waals surface area contributed by atoms with E-state index >= 15 is 0 Å². The molecule has 0 fully saturated rings. The number of aliphatic hydroxyl groups excluding tert-OH is 4. The molecular weight excluding hydrogens is 666 g/mol. The molecule has 278 valence electrons. The molecule has 14 heteroatoms. The topological polar surface area (TPSA) is 248 Å². The molecule has 3 aliphatic rings. The van der Waals surface area contributed by atoms with Gasteiger partial charge in [0.1, 0.15) is 23.0 Å². The maximum atomic E-state index is 13.9. The largest absolute Gasteiger partial charge is 0.507 e. The first-order valence-corrected chi connectivity index (χ1v) is 16.3. The van der Waals surface area contributed by atoms with Crippen LogP contribution in [-0.4, -0.2) is 102 Å². The number of amides is 1. The second-order valence-electron chi connectivity index (χ2n) is 13.7. The van der Waals surface area contributed by atoms with Gasteiger partial charge in [0.15, 0.2) is 11.6 Å². The van der Waals surface area contributed by atoms with E-state index in [0.717, 1.165) is 20.1 Å². The summed E-state index contributed by atoms with van der Waals surface area (Å²) in [6, 6.07) is 0. The van der Waals surface area contributed by atoms with E-state index in [4.69, 9.17) is 4.74 Å². The number of hydrogen-bond acceptors (Lipinski definition) is 13. The average Bonchev–Trinajstić information content (AvgIpc) is 3.08. The summed E-state index contributed by atoms with van der Waals surface area (Å²) in [6.45, 7) is 10.4. The van der Waals surface area contributed by atoms with E-state index < -0.39 is 117 Å². The number of aromatic hydroxyl groups is 2. The van der Waals surface area contributed by atoms with Gasteiger partial charge in [0, 0.05) is 34.5 Å². The van der Waals surface area contributed by atoms with Gasteiger partial charge in [-0.2, -0.15) is 0 Å². The molecule has 9 atom stereocenters. The molecule has 51 heavy (non-hydrogen) atoms. The van der Waals surface area contributed by atoms with Crippen LogP contribution in [0, 0.1) is 30.6 Å². The summed E-state index contributed by atoms with van der Waals surface area (Å²) >= 11 is 0. The van der Waals surface area contributed by atoms with Crippen LogP contribution >= 0.6 is 0 Å². The fraction of sp³-hybridized carbons (Fsp3) is 0.486. The van der Waals surface area contributed by atoms with Crippen LogP contribution in [0.3, 0.4) is 0 Å². The molecule has 1 aliphatic carbocycles. The van der Waals surface area contributed by atoms with Crippen molar-refractivity contribution in [3.63, 3.8) is 0 Å². The number of ketones is 3. The molecule has 0 spiro atoms. The molecule has 14 nitrogen and oxygen atoms in total. The van der Waals surface area contributed by atoms with Gasteiger partial charge < -0.3 is 45.8 Å². The number of esters is 1. The first kappa shape index (κ1) is 41.0. The number of methoxy groups -OCH3 is 1. The molecule has 1 aromatic rings. The fourth-order valence-electron chi connectivity index (χ4n) is 6.50. The Bertz CT molecular complexity index is 1770. The zero-order chi connectivity index (χ0) is 39.0. The third-order valence-electron chi connectivity index (χ3n) is 9.99. The lowest BCUT2D eigenvalue weighted by molar-refractivity contribution is -0.168. The Morgan fingerprint density at radius 1 is 0.784 bits per heavy atom.